The molecule has 0 radical (unpaired) electrons. The third-order valence-electron chi connectivity index (χ3n) is 3.57. The Morgan fingerprint density at radius 2 is 2.20 bits per heavy atom. The van der Waals surface area contributed by atoms with Crippen molar-refractivity contribution in [1.82, 2.24) is 9.96 Å². The lowest BCUT2D eigenvalue weighted by Crippen LogP contribution is -2.46. The summed E-state index contributed by atoms with van der Waals surface area (Å²) in [5, 5.41) is 10.3. The summed E-state index contributed by atoms with van der Waals surface area (Å²) < 4.78 is 4.94. The van der Waals surface area contributed by atoms with Gasteiger partial charge in [0, 0.05) is 6.54 Å². The number of carbonyl (C=O) groups is 2. The van der Waals surface area contributed by atoms with Crippen molar-refractivity contribution in [2.75, 3.05) is 13.2 Å². The maximum atomic E-state index is 12.2. The van der Waals surface area contributed by atoms with Gasteiger partial charge in [0.2, 0.25) is 0 Å². The summed E-state index contributed by atoms with van der Waals surface area (Å²) in [4.78, 5) is 31.1. The summed E-state index contributed by atoms with van der Waals surface area (Å²) in [6, 6.07) is 1.25. The Hall–Kier alpha value is -1.81. The van der Waals surface area contributed by atoms with E-state index in [9.17, 15) is 9.59 Å². The fourth-order valence-corrected chi connectivity index (χ4v) is 2.47. The van der Waals surface area contributed by atoms with Gasteiger partial charge in [-0.2, -0.15) is 10.3 Å². The largest absolute Gasteiger partial charge is 0.464 e. The molecule has 2 atom stereocenters. The van der Waals surface area contributed by atoms with Crippen molar-refractivity contribution in [2.45, 2.75) is 51.3 Å². The number of piperidine rings is 1. The molecule has 7 heteroatoms. The number of esters is 1. The molecule has 2 rings (SSSR count). The Morgan fingerprint density at radius 1 is 1.50 bits per heavy atom. The summed E-state index contributed by atoms with van der Waals surface area (Å²) in [5.41, 5.74) is -1.23. The van der Waals surface area contributed by atoms with Gasteiger partial charge in [0.15, 0.2) is 5.60 Å². The van der Waals surface area contributed by atoms with Crippen LogP contribution in [0.4, 0.5) is 4.79 Å². The summed E-state index contributed by atoms with van der Waals surface area (Å²) in [6.45, 7) is 5.57. The smallest absolute Gasteiger partial charge is 0.345 e. The Morgan fingerprint density at radius 3 is 2.80 bits per heavy atom. The van der Waals surface area contributed by atoms with Crippen LogP contribution in [0, 0.1) is 11.3 Å². The number of nitrogens with zero attached hydrogens (tertiary/aromatic N) is 3. The Bertz CT molecular complexity index is 457. The van der Waals surface area contributed by atoms with E-state index in [0.717, 1.165) is 0 Å². The molecule has 2 bridgehead atoms. The molecule has 0 N–H and O–H groups in total. The normalized spacial score (nSPS) is 25.6. The van der Waals surface area contributed by atoms with Crippen molar-refractivity contribution in [1.29, 1.82) is 5.26 Å². The number of hydroxylamine groups is 2. The van der Waals surface area contributed by atoms with Gasteiger partial charge in [0.1, 0.15) is 6.04 Å². The number of rotatable bonds is 4. The minimum atomic E-state index is -1.23. The van der Waals surface area contributed by atoms with E-state index < -0.39 is 17.6 Å². The predicted molar refractivity (Wildman–Crippen MR) is 68.2 cm³/mol. The van der Waals surface area contributed by atoms with Crippen molar-refractivity contribution in [2.24, 2.45) is 0 Å². The van der Waals surface area contributed by atoms with Gasteiger partial charge >= 0.3 is 12.0 Å². The first-order valence-corrected chi connectivity index (χ1v) is 6.76. The number of fused-ring (bicyclic) bond motifs is 2. The van der Waals surface area contributed by atoms with Crippen LogP contribution < -0.4 is 0 Å². The molecular formula is C13H19N3O4. The van der Waals surface area contributed by atoms with E-state index in [4.69, 9.17) is 14.8 Å². The standard InChI is InChI=1S/C13H19N3O4/c1-4-19-11(17)13(2,3)20-16-10-6-5-9(7-14)15(8-10)12(16)18/h9-10H,4-6,8H2,1-3H3. The SMILES string of the molecule is CCOC(=O)C(C)(C)ON1C(=O)N2CC1CCC2C#N. The summed E-state index contributed by atoms with van der Waals surface area (Å²) in [5.74, 6) is -0.513. The van der Waals surface area contributed by atoms with Crippen LogP contribution in [-0.2, 0) is 14.4 Å². The summed E-state index contributed by atoms with van der Waals surface area (Å²) in [6.07, 6.45) is 1.33. The third kappa shape index (κ3) is 2.43. The average Bonchev–Trinajstić information content (AvgIpc) is 2.65. The molecule has 0 saturated carbocycles. The van der Waals surface area contributed by atoms with E-state index in [1.807, 2.05) is 0 Å². The lowest BCUT2D eigenvalue weighted by atomic mass is 10.0. The average molecular weight is 281 g/mol. The lowest BCUT2D eigenvalue weighted by Gasteiger charge is -2.30. The second-order valence-corrected chi connectivity index (χ2v) is 5.46. The van der Waals surface area contributed by atoms with Crippen molar-refractivity contribution in [3.05, 3.63) is 0 Å². The molecule has 110 valence electrons. The summed E-state index contributed by atoms with van der Waals surface area (Å²) >= 11 is 0. The van der Waals surface area contributed by atoms with Crippen LogP contribution in [0.25, 0.3) is 0 Å². The molecule has 2 aliphatic rings. The van der Waals surface area contributed by atoms with Gasteiger partial charge in [-0.15, -0.1) is 0 Å². The molecule has 2 aliphatic heterocycles. The number of urea groups is 1. The van der Waals surface area contributed by atoms with E-state index in [0.29, 0.717) is 19.4 Å². The molecule has 0 aliphatic carbocycles. The molecule has 2 unspecified atom stereocenters. The second kappa shape index (κ2) is 5.29. The molecular weight excluding hydrogens is 262 g/mol. The quantitative estimate of drug-likeness (QED) is 0.719. The molecule has 0 spiro atoms. The molecule has 0 aromatic rings. The molecule has 7 nitrogen and oxygen atoms in total. The second-order valence-electron chi connectivity index (χ2n) is 5.46. The van der Waals surface area contributed by atoms with Gasteiger partial charge in [-0.1, -0.05) is 0 Å². The van der Waals surface area contributed by atoms with Crippen LogP contribution in [0.15, 0.2) is 0 Å². The van der Waals surface area contributed by atoms with Crippen molar-refractivity contribution < 1.29 is 19.2 Å². The number of carbonyl (C=O) groups excluding carboxylic acids is 2. The fourth-order valence-electron chi connectivity index (χ4n) is 2.47. The van der Waals surface area contributed by atoms with Gasteiger partial charge in [0.25, 0.3) is 0 Å². The highest BCUT2D eigenvalue weighted by Crippen LogP contribution is 2.31. The Balaban J connectivity index is 2.09. The Kier molecular flexibility index (Phi) is 3.86. The van der Waals surface area contributed by atoms with E-state index in [-0.39, 0.29) is 18.7 Å². The highest BCUT2D eigenvalue weighted by molar-refractivity contribution is 5.80. The monoisotopic (exact) mass is 281 g/mol. The zero-order valence-electron chi connectivity index (χ0n) is 12.0. The van der Waals surface area contributed by atoms with Crippen molar-refractivity contribution in [3.63, 3.8) is 0 Å². The molecule has 0 aromatic heterocycles. The number of hydrogen-bond acceptors (Lipinski definition) is 5. The molecule has 2 fully saturated rings. The highest BCUT2D eigenvalue weighted by Gasteiger charge is 2.48. The predicted octanol–water partition coefficient (Wildman–Crippen LogP) is 1.05. The molecule has 2 amide bonds. The molecule has 2 saturated heterocycles. The number of amides is 2. The first-order valence-electron chi connectivity index (χ1n) is 6.76. The first-order chi connectivity index (χ1) is 9.40. The highest BCUT2D eigenvalue weighted by atomic mass is 16.7. The minimum Gasteiger partial charge on any atom is -0.464 e. The van der Waals surface area contributed by atoms with Gasteiger partial charge in [-0.05, 0) is 33.6 Å². The van der Waals surface area contributed by atoms with Crippen LogP contribution in [-0.4, -0.2) is 52.8 Å². The molecule has 0 aromatic carbocycles. The van der Waals surface area contributed by atoms with Crippen LogP contribution in [0.5, 0.6) is 0 Å². The van der Waals surface area contributed by atoms with E-state index in [1.165, 1.54) is 9.96 Å². The van der Waals surface area contributed by atoms with E-state index in [1.54, 1.807) is 20.8 Å². The van der Waals surface area contributed by atoms with Gasteiger partial charge < -0.3 is 9.64 Å². The van der Waals surface area contributed by atoms with Crippen LogP contribution in [0.2, 0.25) is 0 Å². The fraction of sp³-hybridized carbons (Fsp3) is 0.769. The maximum Gasteiger partial charge on any atom is 0.345 e. The summed E-state index contributed by atoms with van der Waals surface area (Å²) in [7, 11) is 0. The third-order valence-corrected chi connectivity index (χ3v) is 3.57. The minimum absolute atomic E-state index is 0.110. The zero-order valence-corrected chi connectivity index (χ0v) is 12.0. The van der Waals surface area contributed by atoms with Crippen LogP contribution in [0.3, 0.4) is 0 Å². The molecule has 20 heavy (non-hydrogen) atoms. The van der Waals surface area contributed by atoms with Gasteiger partial charge in [0.05, 0.1) is 18.7 Å². The Labute approximate surface area is 118 Å². The first kappa shape index (κ1) is 14.6. The van der Waals surface area contributed by atoms with E-state index in [2.05, 4.69) is 6.07 Å². The topological polar surface area (TPSA) is 82.9 Å². The number of hydrogen-bond donors (Lipinski definition) is 0. The maximum absolute atomic E-state index is 12.2. The van der Waals surface area contributed by atoms with Crippen molar-refractivity contribution in [3.8, 4) is 6.07 Å². The van der Waals surface area contributed by atoms with Gasteiger partial charge in [-0.25, -0.2) is 9.59 Å². The van der Waals surface area contributed by atoms with E-state index >= 15 is 0 Å². The zero-order chi connectivity index (χ0) is 14.9. The lowest BCUT2D eigenvalue weighted by molar-refractivity contribution is -0.225. The number of ether oxygens (including phenoxy) is 1. The van der Waals surface area contributed by atoms with Crippen molar-refractivity contribution >= 4 is 12.0 Å². The van der Waals surface area contributed by atoms with Crippen LogP contribution in [0.1, 0.15) is 33.6 Å². The van der Waals surface area contributed by atoms with Crippen LogP contribution >= 0.6 is 0 Å². The number of nitriles is 1. The van der Waals surface area contributed by atoms with Gasteiger partial charge in [-0.3, -0.25) is 4.84 Å². The molecule has 2 heterocycles.